The Kier molecular flexibility index (Phi) is 6.98. The fraction of sp³-hybridized carbons (Fsp3) is 0.429. The van der Waals surface area contributed by atoms with Crippen LogP contribution in [0.5, 0.6) is 0 Å². The minimum absolute atomic E-state index is 0.850. The SMILES string of the molecule is CCN(CC)c1ccc(CNc2ccc(N(CC)CC)cc2)cc1. The van der Waals surface area contributed by atoms with E-state index in [1.165, 1.54) is 22.6 Å². The van der Waals surface area contributed by atoms with E-state index in [2.05, 4.69) is 91.3 Å². The van der Waals surface area contributed by atoms with Crippen LogP contribution in [0.15, 0.2) is 48.5 Å². The van der Waals surface area contributed by atoms with Crippen molar-refractivity contribution in [1.82, 2.24) is 0 Å². The highest BCUT2D eigenvalue weighted by Gasteiger charge is 2.03. The predicted octanol–water partition coefficient (Wildman–Crippen LogP) is 4.99. The van der Waals surface area contributed by atoms with Crippen LogP contribution in [-0.4, -0.2) is 26.2 Å². The number of rotatable bonds is 9. The molecule has 1 N–H and O–H groups in total. The Balaban J connectivity index is 1.93. The number of hydrogen-bond acceptors (Lipinski definition) is 3. The van der Waals surface area contributed by atoms with E-state index in [-0.39, 0.29) is 0 Å². The van der Waals surface area contributed by atoms with Gasteiger partial charge in [0, 0.05) is 49.8 Å². The molecule has 0 aromatic heterocycles. The van der Waals surface area contributed by atoms with Gasteiger partial charge in [0.25, 0.3) is 0 Å². The van der Waals surface area contributed by atoms with E-state index < -0.39 is 0 Å². The van der Waals surface area contributed by atoms with Gasteiger partial charge in [-0.1, -0.05) is 12.1 Å². The number of anilines is 3. The van der Waals surface area contributed by atoms with Crippen LogP contribution in [0.3, 0.4) is 0 Å². The maximum Gasteiger partial charge on any atom is 0.0400 e. The second-order valence-electron chi connectivity index (χ2n) is 5.91. The minimum atomic E-state index is 0.850. The molecule has 0 aliphatic carbocycles. The summed E-state index contributed by atoms with van der Waals surface area (Å²) in [6.07, 6.45) is 0. The smallest absolute Gasteiger partial charge is 0.0400 e. The molecule has 3 heteroatoms. The first-order valence-electron chi connectivity index (χ1n) is 9.14. The minimum Gasteiger partial charge on any atom is -0.381 e. The highest BCUT2D eigenvalue weighted by molar-refractivity contribution is 5.55. The number of benzene rings is 2. The molecule has 0 heterocycles. The van der Waals surface area contributed by atoms with Gasteiger partial charge in [0.1, 0.15) is 0 Å². The maximum atomic E-state index is 3.51. The van der Waals surface area contributed by atoms with Gasteiger partial charge >= 0.3 is 0 Å². The Labute approximate surface area is 147 Å². The van der Waals surface area contributed by atoms with Crippen LogP contribution in [-0.2, 0) is 6.54 Å². The molecule has 3 nitrogen and oxygen atoms in total. The summed E-state index contributed by atoms with van der Waals surface area (Å²) in [5.41, 5.74) is 5.05. The average molecular weight is 326 g/mol. The van der Waals surface area contributed by atoms with Crippen LogP contribution in [0.4, 0.5) is 17.1 Å². The predicted molar refractivity (Wildman–Crippen MR) is 107 cm³/mol. The highest BCUT2D eigenvalue weighted by atomic mass is 15.1. The van der Waals surface area contributed by atoms with E-state index >= 15 is 0 Å². The molecule has 0 spiro atoms. The zero-order chi connectivity index (χ0) is 17.4. The van der Waals surface area contributed by atoms with E-state index in [9.17, 15) is 0 Å². The molecule has 0 aliphatic heterocycles. The first-order valence-corrected chi connectivity index (χ1v) is 9.14. The van der Waals surface area contributed by atoms with Gasteiger partial charge in [0.15, 0.2) is 0 Å². The molecular formula is C21H31N3. The topological polar surface area (TPSA) is 18.5 Å². The third kappa shape index (κ3) is 4.67. The van der Waals surface area contributed by atoms with E-state index in [1.807, 2.05) is 0 Å². The molecule has 0 saturated carbocycles. The van der Waals surface area contributed by atoms with Crippen molar-refractivity contribution >= 4 is 17.1 Å². The standard InChI is InChI=1S/C21H31N3/c1-5-23(6-2)20-13-9-18(10-14-20)17-22-19-11-15-21(16-12-19)24(7-3)8-4/h9-16,22H,5-8,17H2,1-4H3. The van der Waals surface area contributed by atoms with Gasteiger partial charge in [-0.3, -0.25) is 0 Å². The summed E-state index contributed by atoms with van der Waals surface area (Å²) in [5, 5.41) is 3.51. The lowest BCUT2D eigenvalue weighted by atomic mass is 10.2. The molecule has 24 heavy (non-hydrogen) atoms. The Hall–Kier alpha value is -2.16. The van der Waals surface area contributed by atoms with Gasteiger partial charge in [-0.15, -0.1) is 0 Å². The molecule has 0 amide bonds. The Morgan fingerprint density at radius 1 is 0.625 bits per heavy atom. The van der Waals surface area contributed by atoms with E-state index in [1.54, 1.807) is 0 Å². The van der Waals surface area contributed by atoms with Gasteiger partial charge in [-0.25, -0.2) is 0 Å². The molecule has 2 rings (SSSR count). The summed E-state index contributed by atoms with van der Waals surface area (Å²) in [5.74, 6) is 0. The number of nitrogens with zero attached hydrogens (tertiary/aromatic N) is 2. The van der Waals surface area contributed by atoms with Crippen molar-refractivity contribution in [3.8, 4) is 0 Å². The van der Waals surface area contributed by atoms with Crippen molar-refractivity contribution in [3.05, 3.63) is 54.1 Å². The first-order chi connectivity index (χ1) is 11.7. The van der Waals surface area contributed by atoms with Crippen LogP contribution in [0.1, 0.15) is 33.3 Å². The van der Waals surface area contributed by atoms with Crippen LogP contribution < -0.4 is 15.1 Å². The van der Waals surface area contributed by atoms with Gasteiger partial charge < -0.3 is 15.1 Å². The summed E-state index contributed by atoms with van der Waals surface area (Å²) in [6.45, 7) is 13.8. The van der Waals surface area contributed by atoms with Crippen molar-refractivity contribution < 1.29 is 0 Å². The lowest BCUT2D eigenvalue weighted by Gasteiger charge is -2.21. The lowest BCUT2D eigenvalue weighted by molar-refractivity contribution is 0.865. The van der Waals surface area contributed by atoms with Crippen LogP contribution in [0.25, 0.3) is 0 Å². The quantitative estimate of drug-likeness (QED) is 0.700. The first kappa shape index (κ1) is 18.2. The fourth-order valence-electron chi connectivity index (χ4n) is 3.00. The largest absolute Gasteiger partial charge is 0.381 e. The molecule has 0 atom stereocenters. The number of nitrogens with one attached hydrogen (secondary N) is 1. The summed E-state index contributed by atoms with van der Waals surface area (Å²) in [7, 11) is 0. The van der Waals surface area contributed by atoms with Crippen LogP contribution >= 0.6 is 0 Å². The van der Waals surface area contributed by atoms with Crippen molar-refractivity contribution in [2.45, 2.75) is 34.2 Å². The van der Waals surface area contributed by atoms with Gasteiger partial charge in [-0.2, -0.15) is 0 Å². The zero-order valence-electron chi connectivity index (χ0n) is 15.5. The number of hydrogen-bond donors (Lipinski definition) is 1. The van der Waals surface area contributed by atoms with Crippen molar-refractivity contribution in [2.75, 3.05) is 41.3 Å². The summed E-state index contributed by atoms with van der Waals surface area (Å²) < 4.78 is 0. The van der Waals surface area contributed by atoms with E-state index in [0.717, 1.165) is 32.7 Å². The zero-order valence-corrected chi connectivity index (χ0v) is 15.5. The molecule has 2 aromatic carbocycles. The molecule has 0 fully saturated rings. The fourth-order valence-corrected chi connectivity index (χ4v) is 3.00. The Bertz CT molecular complexity index is 526. The van der Waals surface area contributed by atoms with Crippen molar-refractivity contribution in [2.24, 2.45) is 0 Å². The van der Waals surface area contributed by atoms with Crippen molar-refractivity contribution in [1.29, 1.82) is 0 Å². The van der Waals surface area contributed by atoms with Gasteiger partial charge in [-0.05, 0) is 69.7 Å². The molecule has 0 unspecified atom stereocenters. The average Bonchev–Trinajstić information content (AvgIpc) is 2.64. The molecule has 0 saturated heterocycles. The molecule has 0 bridgehead atoms. The third-order valence-corrected chi connectivity index (χ3v) is 4.56. The van der Waals surface area contributed by atoms with Gasteiger partial charge in [0.2, 0.25) is 0 Å². The molecule has 0 aliphatic rings. The molecule has 0 radical (unpaired) electrons. The molecular weight excluding hydrogens is 294 g/mol. The molecule has 130 valence electrons. The van der Waals surface area contributed by atoms with Gasteiger partial charge in [0.05, 0.1) is 0 Å². The summed E-state index contributed by atoms with van der Waals surface area (Å²) in [4.78, 5) is 4.72. The summed E-state index contributed by atoms with van der Waals surface area (Å²) >= 11 is 0. The molecule has 2 aromatic rings. The second kappa shape index (κ2) is 9.21. The lowest BCUT2D eigenvalue weighted by Crippen LogP contribution is -2.21. The van der Waals surface area contributed by atoms with E-state index in [4.69, 9.17) is 0 Å². The highest BCUT2D eigenvalue weighted by Crippen LogP contribution is 2.19. The maximum absolute atomic E-state index is 3.51. The van der Waals surface area contributed by atoms with Crippen LogP contribution in [0.2, 0.25) is 0 Å². The van der Waals surface area contributed by atoms with Crippen molar-refractivity contribution in [3.63, 3.8) is 0 Å². The third-order valence-electron chi connectivity index (χ3n) is 4.56. The van der Waals surface area contributed by atoms with E-state index in [0.29, 0.717) is 0 Å². The van der Waals surface area contributed by atoms with Crippen LogP contribution in [0, 0.1) is 0 Å². The normalized spacial score (nSPS) is 10.5. The second-order valence-corrected chi connectivity index (χ2v) is 5.91. The monoisotopic (exact) mass is 325 g/mol. The Morgan fingerprint density at radius 2 is 1.04 bits per heavy atom. The Morgan fingerprint density at radius 3 is 1.46 bits per heavy atom. The summed E-state index contributed by atoms with van der Waals surface area (Å²) in [6, 6.07) is 17.6.